The van der Waals surface area contributed by atoms with Gasteiger partial charge in [-0.05, 0) is 19.3 Å². The van der Waals surface area contributed by atoms with E-state index in [9.17, 15) is 19.1 Å². The van der Waals surface area contributed by atoms with E-state index < -0.39 is 18.7 Å². The SMILES string of the molecule is CCCCCCC(F)CCC(=O)N(CCC)CC(=O)[O-].[Na+]. The molecule has 0 heterocycles. The molecule has 0 aromatic heterocycles. The van der Waals surface area contributed by atoms with Crippen LogP contribution in [0.4, 0.5) is 4.39 Å². The second kappa shape index (κ2) is 14.8. The van der Waals surface area contributed by atoms with Crippen LogP contribution in [0.5, 0.6) is 0 Å². The first-order chi connectivity index (χ1) is 9.51. The van der Waals surface area contributed by atoms with E-state index >= 15 is 0 Å². The number of unbranched alkanes of at least 4 members (excludes halogenated alkanes) is 3. The zero-order chi connectivity index (χ0) is 15.4. The van der Waals surface area contributed by atoms with E-state index in [-0.39, 0.29) is 48.3 Å². The second-order valence-corrected chi connectivity index (χ2v) is 5.17. The summed E-state index contributed by atoms with van der Waals surface area (Å²) in [6, 6.07) is 0. The second-order valence-electron chi connectivity index (χ2n) is 5.17. The van der Waals surface area contributed by atoms with Gasteiger partial charge in [0.15, 0.2) is 0 Å². The standard InChI is InChI=1S/C15H28FNO3.Na/c1-3-5-6-7-8-13(16)9-10-14(18)17(11-4-2)12-15(19)20;/h13H,3-12H2,1-2H3,(H,19,20);/q;+1/p-1. The van der Waals surface area contributed by atoms with Crippen LogP contribution >= 0.6 is 0 Å². The fraction of sp³-hybridized carbons (Fsp3) is 0.867. The minimum absolute atomic E-state index is 0. The summed E-state index contributed by atoms with van der Waals surface area (Å²) in [5.41, 5.74) is 0. The largest absolute Gasteiger partial charge is 1.00 e. The molecule has 0 spiro atoms. The summed E-state index contributed by atoms with van der Waals surface area (Å²) in [5, 5.41) is 10.6. The van der Waals surface area contributed by atoms with Crippen molar-refractivity contribution in [3.63, 3.8) is 0 Å². The van der Waals surface area contributed by atoms with Gasteiger partial charge >= 0.3 is 29.6 Å². The van der Waals surface area contributed by atoms with Crippen molar-refractivity contribution in [3.8, 4) is 0 Å². The quantitative estimate of drug-likeness (QED) is 0.345. The van der Waals surface area contributed by atoms with Gasteiger partial charge in [-0.15, -0.1) is 0 Å². The number of carboxylic acids is 1. The molecule has 118 valence electrons. The van der Waals surface area contributed by atoms with Crippen molar-refractivity contribution in [2.24, 2.45) is 0 Å². The molecule has 0 N–H and O–H groups in total. The predicted molar refractivity (Wildman–Crippen MR) is 74.8 cm³/mol. The number of carbonyl (C=O) groups is 2. The van der Waals surface area contributed by atoms with Crippen molar-refractivity contribution in [2.75, 3.05) is 13.1 Å². The summed E-state index contributed by atoms with van der Waals surface area (Å²) >= 11 is 0. The molecule has 0 fully saturated rings. The van der Waals surface area contributed by atoms with E-state index in [4.69, 9.17) is 0 Å². The fourth-order valence-electron chi connectivity index (χ4n) is 2.09. The van der Waals surface area contributed by atoms with Crippen LogP contribution in [0.3, 0.4) is 0 Å². The van der Waals surface area contributed by atoms with Crippen LogP contribution in [0.25, 0.3) is 0 Å². The zero-order valence-electron chi connectivity index (χ0n) is 13.7. The molecule has 0 aliphatic rings. The summed E-state index contributed by atoms with van der Waals surface area (Å²) in [6.07, 6.45) is 4.55. The van der Waals surface area contributed by atoms with Gasteiger partial charge in [0.25, 0.3) is 0 Å². The molecule has 4 nitrogen and oxygen atoms in total. The first-order valence-corrected chi connectivity index (χ1v) is 7.62. The smallest absolute Gasteiger partial charge is 0.548 e. The normalized spacial score (nSPS) is 11.6. The zero-order valence-corrected chi connectivity index (χ0v) is 15.7. The van der Waals surface area contributed by atoms with Crippen molar-refractivity contribution in [2.45, 2.75) is 71.4 Å². The van der Waals surface area contributed by atoms with Crippen LogP contribution in [0, 0.1) is 0 Å². The topological polar surface area (TPSA) is 60.4 Å². The Hall–Kier alpha value is -0.130. The average Bonchev–Trinajstić information content (AvgIpc) is 2.40. The number of rotatable bonds is 12. The molecule has 6 heteroatoms. The Morgan fingerprint density at radius 3 is 2.29 bits per heavy atom. The summed E-state index contributed by atoms with van der Waals surface area (Å²) in [4.78, 5) is 23.6. The number of nitrogens with zero attached hydrogens (tertiary/aromatic N) is 1. The molecule has 0 rings (SSSR count). The molecule has 0 aromatic rings. The molecule has 0 aliphatic carbocycles. The van der Waals surface area contributed by atoms with E-state index in [0.29, 0.717) is 19.4 Å². The number of halogens is 1. The Morgan fingerprint density at radius 1 is 1.10 bits per heavy atom. The maximum atomic E-state index is 13.6. The maximum absolute atomic E-state index is 13.6. The number of carbonyl (C=O) groups excluding carboxylic acids is 2. The maximum Gasteiger partial charge on any atom is 1.00 e. The van der Waals surface area contributed by atoms with Crippen molar-refractivity contribution in [1.82, 2.24) is 4.90 Å². The molecule has 1 atom stereocenters. The number of carboxylic acid groups (broad SMARTS) is 1. The number of hydrogen-bond donors (Lipinski definition) is 0. The van der Waals surface area contributed by atoms with Crippen molar-refractivity contribution in [1.29, 1.82) is 0 Å². The van der Waals surface area contributed by atoms with E-state index in [0.717, 1.165) is 25.7 Å². The Labute approximate surface area is 149 Å². The first-order valence-electron chi connectivity index (χ1n) is 7.62. The summed E-state index contributed by atoms with van der Waals surface area (Å²) in [5.74, 6) is -1.57. The van der Waals surface area contributed by atoms with Gasteiger partial charge in [0, 0.05) is 13.0 Å². The predicted octanol–water partition coefficient (Wildman–Crippen LogP) is -0.932. The van der Waals surface area contributed by atoms with Gasteiger partial charge in [-0.3, -0.25) is 4.79 Å². The van der Waals surface area contributed by atoms with Gasteiger partial charge in [-0.25, -0.2) is 4.39 Å². The third kappa shape index (κ3) is 13.3. The Bertz CT molecular complexity index is 290. The molecule has 0 bridgehead atoms. The molecule has 0 saturated carbocycles. The third-order valence-corrected chi connectivity index (χ3v) is 3.21. The minimum atomic E-state index is -1.27. The van der Waals surface area contributed by atoms with Crippen LogP contribution in [-0.4, -0.2) is 36.0 Å². The van der Waals surface area contributed by atoms with Gasteiger partial charge in [0.2, 0.25) is 5.91 Å². The van der Waals surface area contributed by atoms with Crippen molar-refractivity contribution < 1.29 is 48.6 Å². The van der Waals surface area contributed by atoms with Crippen LogP contribution in [0.1, 0.15) is 65.2 Å². The third-order valence-electron chi connectivity index (χ3n) is 3.21. The van der Waals surface area contributed by atoms with E-state index in [2.05, 4.69) is 6.92 Å². The molecule has 21 heavy (non-hydrogen) atoms. The molecule has 0 saturated heterocycles. The van der Waals surface area contributed by atoms with Crippen LogP contribution in [-0.2, 0) is 9.59 Å². The van der Waals surface area contributed by atoms with Gasteiger partial charge in [0.1, 0.15) is 6.17 Å². The Kier molecular flexibility index (Phi) is 16.3. The Morgan fingerprint density at radius 2 is 1.76 bits per heavy atom. The average molecular weight is 311 g/mol. The number of hydrogen-bond acceptors (Lipinski definition) is 3. The van der Waals surface area contributed by atoms with Gasteiger partial charge < -0.3 is 14.8 Å². The van der Waals surface area contributed by atoms with E-state index in [1.54, 1.807) is 0 Å². The van der Waals surface area contributed by atoms with Gasteiger partial charge in [-0.1, -0.05) is 39.5 Å². The molecule has 0 radical (unpaired) electrons. The first kappa shape index (κ1) is 23.1. The summed E-state index contributed by atoms with van der Waals surface area (Å²) in [6.45, 7) is 3.94. The molecular formula is C15H27FNNaO3. The minimum Gasteiger partial charge on any atom is -0.548 e. The van der Waals surface area contributed by atoms with Crippen molar-refractivity contribution >= 4 is 11.9 Å². The van der Waals surface area contributed by atoms with Gasteiger partial charge in [0.05, 0.1) is 12.5 Å². The molecule has 1 amide bonds. The van der Waals surface area contributed by atoms with Crippen LogP contribution in [0.2, 0.25) is 0 Å². The van der Waals surface area contributed by atoms with Crippen LogP contribution in [0.15, 0.2) is 0 Å². The van der Waals surface area contributed by atoms with Gasteiger partial charge in [-0.2, -0.15) is 0 Å². The summed E-state index contributed by atoms with van der Waals surface area (Å²) < 4.78 is 13.6. The molecular weight excluding hydrogens is 284 g/mol. The van der Waals surface area contributed by atoms with Crippen molar-refractivity contribution in [3.05, 3.63) is 0 Å². The molecule has 0 aromatic carbocycles. The number of amides is 1. The fourth-order valence-corrected chi connectivity index (χ4v) is 2.09. The number of alkyl halides is 1. The number of aliphatic carboxylic acids is 1. The molecule has 1 unspecified atom stereocenters. The molecule has 0 aliphatic heterocycles. The van der Waals surface area contributed by atoms with E-state index in [1.807, 2.05) is 6.92 Å². The Balaban J connectivity index is 0. The summed E-state index contributed by atoms with van der Waals surface area (Å²) in [7, 11) is 0. The van der Waals surface area contributed by atoms with Crippen LogP contribution < -0.4 is 34.7 Å². The van der Waals surface area contributed by atoms with E-state index in [1.165, 1.54) is 4.90 Å². The monoisotopic (exact) mass is 311 g/mol.